The van der Waals surface area contributed by atoms with Crippen molar-refractivity contribution >= 4 is 11.9 Å². The van der Waals surface area contributed by atoms with Crippen LogP contribution < -0.4 is 0 Å². The number of hydrogen-bond acceptors (Lipinski definition) is 5. The molecule has 1 atom stereocenters. The smallest absolute Gasteiger partial charge is 0.306 e. The lowest BCUT2D eigenvalue weighted by Gasteiger charge is -2.18. The van der Waals surface area contributed by atoms with E-state index in [-0.39, 0.29) is 25.2 Å². The lowest BCUT2D eigenvalue weighted by Crippen LogP contribution is -2.30. The Kier molecular flexibility index (Phi) is 41.5. The van der Waals surface area contributed by atoms with E-state index in [0.29, 0.717) is 19.4 Å². The topological polar surface area (TPSA) is 61.8 Å². The van der Waals surface area contributed by atoms with Crippen LogP contribution in [0, 0.1) is 0 Å². The Labute approximate surface area is 322 Å². The number of ether oxygens (including phenoxy) is 3. The minimum absolute atomic E-state index is 0.0695. The normalized spacial score (nSPS) is 12.6. The molecule has 0 aromatic heterocycles. The van der Waals surface area contributed by atoms with Gasteiger partial charge in [0.05, 0.1) is 6.61 Å². The van der Waals surface area contributed by atoms with E-state index in [0.717, 1.165) is 70.6 Å². The number of unbranched alkanes of at least 4 members (excludes halogenated alkanes) is 21. The Morgan fingerprint density at radius 1 is 0.442 bits per heavy atom. The van der Waals surface area contributed by atoms with Crippen LogP contribution in [-0.4, -0.2) is 37.9 Å². The summed E-state index contributed by atoms with van der Waals surface area (Å²) in [6, 6.07) is 0. The first-order valence-corrected chi connectivity index (χ1v) is 22.2. The SMILES string of the molecule is CC/C=C\C/C=C\C/C=C\CCCCCC(=O)OCC(COCCCCCCCC/C=C\CCCCCC)OC(=O)CCCCCCCCCCC. The highest BCUT2D eigenvalue weighted by Crippen LogP contribution is 2.13. The number of carbonyl (C=O) groups is 2. The third-order valence-electron chi connectivity index (χ3n) is 9.35. The fourth-order valence-corrected chi connectivity index (χ4v) is 6.05. The van der Waals surface area contributed by atoms with E-state index in [1.54, 1.807) is 0 Å². The van der Waals surface area contributed by atoms with E-state index < -0.39 is 6.10 Å². The molecule has 0 saturated heterocycles. The molecule has 0 saturated carbocycles. The van der Waals surface area contributed by atoms with Gasteiger partial charge in [-0.2, -0.15) is 0 Å². The van der Waals surface area contributed by atoms with Crippen molar-refractivity contribution < 1.29 is 23.8 Å². The summed E-state index contributed by atoms with van der Waals surface area (Å²) in [6.45, 7) is 7.64. The summed E-state index contributed by atoms with van der Waals surface area (Å²) in [5, 5.41) is 0. The molecule has 0 radical (unpaired) electrons. The summed E-state index contributed by atoms with van der Waals surface area (Å²) in [5.41, 5.74) is 0. The van der Waals surface area contributed by atoms with Crippen LogP contribution in [0.3, 0.4) is 0 Å². The molecule has 0 aromatic carbocycles. The van der Waals surface area contributed by atoms with Crippen LogP contribution in [0.25, 0.3) is 0 Å². The van der Waals surface area contributed by atoms with Gasteiger partial charge >= 0.3 is 11.9 Å². The minimum Gasteiger partial charge on any atom is -0.462 e. The largest absolute Gasteiger partial charge is 0.462 e. The van der Waals surface area contributed by atoms with Gasteiger partial charge < -0.3 is 14.2 Å². The summed E-state index contributed by atoms with van der Waals surface area (Å²) in [4.78, 5) is 25.1. The zero-order valence-corrected chi connectivity index (χ0v) is 34.6. The van der Waals surface area contributed by atoms with Crippen molar-refractivity contribution in [3.8, 4) is 0 Å². The van der Waals surface area contributed by atoms with Crippen molar-refractivity contribution in [1.29, 1.82) is 0 Å². The number of rotatable bonds is 40. The van der Waals surface area contributed by atoms with Gasteiger partial charge in [-0.05, 0) is 77.0 Å². The highest BCUT2D eigenvalue weighted by atomic mass is 16.6. The summed E-state index contributed by atoms with van der Waals surface area (Å²) in [7, 11) is 0. The van der Waals surface area contributed by atoms with Crippen LogP contribution in [0.15, 0.2) is 48.6 Å². The zero-order valence-electron chi connectivity index (χ0n) is 34.6. The van der Waals surface area contributed by atoms with Gasteiger partial charge in [0.2, 0.25) is 0 Å². The van der Waals surface area contributed by atoms with Crippen molar-refractivity contribution in [2.75, 3.05) is 19.8 Å². The maximum absolute atomic E-state index is 12.7. The third-order valence-corrected chi connectivity index (χ3v) is 9.35. The fourth-order valence-electron chi connectivity index (χ4n) is 6.05. The first-order valence-electron chi connectivity index (χ1n) is 22.2. The van der Waals surface area contributed by atoms with Gasteiger partial charge in [-0.25, -0.2) is 0 Å². The van der Waals surface area contributed by atoms with Crippen LogP contribution in [-0.2, 0) is 23.8 Å². The summed E-state index contributed by atoms with van der Waals surface area (Å²) < 4.78 is 17.2. The quantitative estimate of drug-likeness (QED) is 0.0357. The number of hydrogen-bond donors (Lipinski definition) is 0. The Bertz CT molecular complexity index is 873. The monoisotopic (exact) mass is 729 g/mol. The van der Waals surface area contributed by atoms with E-state index in [4.69, 9.17) is 14.2 Å². The van der Waals surface area contributed by atoms with E-state index in [1.165, 1.54) is 109 Å². The third kappa shape index (κ3) is 40.6. The standard InChI is InChI=1S/C47H84O5/c1-4-7-10-13-16-19-21-23-25-27-30-33-36-39-42-50-43-45(52-47(49)41-38-35-32-28-18-15-12-9-6-3)44-51-46(48)40-37-34-31-29-26-24-22-20-17-14-11-8-5-2/h8,11,17,19-21,24,26,45H,4-7,9-10,12-16,18,22-23,25,27-44H2,1-3H3/b11-8-,20-17-,21-19-,26-24-. The molecule has 52 heavy (non-hydrogen) atoms. The van der Waals surface area contributed by atoms with E-state index >= 15 is 0 Å². The van der Waals surface area contributed by atoms with E-state index in [2.05, 4.69) is 69.4 Å². The second kappa shape index (κ2) is 43.3. The molecule has 0 fully saturated rings. The first-order chi connectivity index (χ1) is 25.6. The first kappa shape index (κ1) is 49.9. The minimum atomic E-state index is -0.545. The van der Waals surface area contributed by atoms with Gasteiger partial charge in [-0.15, -0.1) is 0 Å². The van der Waals surface area contributed by atoms with Crippen LogP contribution >= 0.6 is 0 Å². The van der Waals surface area contributed by atoms with E-state index in [9.17, 15) is 9.59 Å². The predicted octanol–water partition coefficient (Wildman–Crippen LogP) is 14.4. The van der Waals surface area contributed by atoms with Crippen molar-refractivity contribution in [1.82, 2.24) is 0 Å². The zero-order chi connectivity index (χ0) is 37.8. The Hall–Kier alpha value is -2.14. The molecule has 302 valence electrons. The van der Waals surface area contributed by atoms with Crippen LogP contribution in [0.4, 0.5) is 0 Å². The van der Waals surface area contributed by atoms with Crippen molar-refractivity contribution in [2.45, 2.75) is 219 Å². The molecule has 0 bridgehead atoms. The average molecular weight is 729 g/mol. The highest BCUT2D eigenvalue weighted by molar-refractivity contribution is 5.70. The molecule has 0 N–H and O–H groups in total. The molecule has 0 aliphatic heterocycles. The second-order valence-corrected chi connectivity index (χ2v) is 14.6. The molecule has 0 amide bonds. The molecule has 5 nitrogen and oxygen atoms in total. The molecule has 0 rings (SSSR count). The maximum Gasteiger partial charge on any atom is 0.306 e. The fraction of sp³-hybridized carbons (Fsp3) is 0.787. The van der Waals surface area contributed by atoms with Crippen molar-refractivity contribution in [3.63, 3.8) is 0 Å². The van der Waals surface area contributed by atoms with Gasteiger partial charge in [-0.3, -0.25) is 9.59 Å². The molecule has 0 aliphatic carbocycles. The highest BCUT2D eigenvalue weighted by Gasteiger charge is 2.17. The number of allylic oxidation sites excluding steroid dienone is 8. The summed E-state index contributed by atoms with van der Waals surface area (Å²) in [6.07, 6.45) is 51.1. The van der Waals surface area contributed by atoms with Gasteiger partial charge in [0, 0.05) is 19.4 Å². The Balaban J connectivity index is 4.27. The molecule has 0 aliphatic rings. The number of esters is 2. The van der Waals surface area contributed by atoms with Crippen molar-refractivity contribution in [2.24, 2.45) is 0 Å². The molecule has 0 spiro atoms. The van der Waals surface area contributed by atoms with Crippen LogP contribution in [0.5, 0.6) is 0 Å². The van der Waals surface area contributed by atoms with Crippen LogP contribution in [0.1, 0.15) is 213 Å². The molecule has 0 aromatic rings. The summed E-state index contributed by atoms with van der Waals surface area (Å²) >= 11 is 0. The molecule has 5 heteroatoms. The molecule has 1 unspecified atom stereocenters. The lowest BCUT2D eigenvalue weighted by atomic mass is 10.1. The average Bonchev–Trinajstić information content (AvgIpc) is 3.14. The maximum atomic E-state index is 12.7. The Morgan fingerprint density at radius 3 is 1.44 bits per heavy atom. The Morgan fingerprint density at radius 2 is 0.865 bits per heavy atom. The van der Waals surface area contributed by atoms with Gasteiger partial charge in [-0.1, -0.05) is 172 Å². The number of carbonyl (C=O) groups excluding carboxylic acids is 2. The molecular formula is C47H84O5. The van der Waals surface area contributed by atoms with Gasteiger partial charge in [0.15, 0.2) is 6.10 Å². The molecular weight excluding hydrogens is 645 g/mol. The predicted molar refractivity (Wildman–Crippen MR) is 224 cm³/mol. The van der Waals surface area contributed by atoms with E-state index in [1.807, 2.05) is 0 Å². The second-order valence-electron chi connectivity index (χ2n) is 14.6. The van der Waals surface area contributed by atoms with Gasteiger partial charge in [0.25, 0.3) is 0 Å². The van der Waals surface area contributed by atoms with Crippen molar-refractivity contribution in [3.05, 3.63) is 48.6 Å². The van der Waals surface area contributed by atoms with Gasteiger partial charge in [0.1, 0.15) is 6.61 Å². The van der Waals surface area contributed by atoms with Crippen LogP contribution in [0.2, 0.25) is 0 Å². The summed E-state index contributed by atoms with van der Waals surface area (Å²) in [5.74, 6) is -0.434. The lowest BCUT2D eigenvalue weighted by molar-refractivity contribution is -0.163. The molecule has 0 heterocycles.